The highest BCUT2D eigenvalue weighted by molar-refractivity contribution is 7.90. The lowest BCUT2D eigenvalue weighted by Gasteiger charge is -2.33. The van der Waals surface area contributed by atoms with Crippen molar-refractivity contribution in [2.45, 2.75) is 57.0 Å². The van der Waals surface area contributed by atoms with Gasteiger partial charge in [-0.25, -0.2) is 14.7 Å². The third kappa shape index (κ3) is 4.57. The van der Waals surface area contributed by atoms with E-state index in [1.165, 1.54) is 12.5 Å². The average molecular weight is 458 g/mol. The minimum Gasteiger partial charge on any atom is -0.357 e. The van der Waals surface area contributed by atoms with Crippen LogP contribution in [0, 0.1) is 5.92 Å². The molecule has 1 N–H and O–H groups in total. The highest BCUT2D eigenvalue weighted by Crippen LogP contribution is 2.37. The fraction of sp³-hybridized carbons (Fsp3) is 0.522. The molecule has 0 aromatic carbocycles. The zero-order valence-corrected chi connectivity index (χ0v) is 19.7. The average Bonchev–Trinajstić information content (AvgIpc) is 3.06. The van der Waals surface area contributed by atoms with Crippen molar-refractivity contribution in [1.82, 2.24) is 14.7 Å². The fourth-order valence-corrected chi connectivity index (χ4v) is 5.76. The fourth-order valence-electron chi connectivity index (χ4n) is 4.83. The molecule has 1 atom stereocenters. The Balaban J connectivity index is 1.58. The van der Waals surface area contributed by atoms with Crippen LogP contribution in [0.5, 0.6) is 0 Å². The van der Waals surface area contributed by atoms with Gasteiger partial charge in [-0.1, -0.05) is 13.0 Å². The third-order valence-electron chi connectivity index (χ3n) is 6.25. The van der Waals surface area contributed by atoms with Crippen molar-refractivity contribution in [2.24, 2.45) is 5.92 Å². The summed E-state index contributed by atoms with van der Waals surface area (Å²) in [7, 11) is -4.13. The van der Waals surface area contributed by atoms with Crippen LogP contribution in [0.2, 0.25) is 0 Å². The summed E-state index contributed by atoms with van der Waals surface area (Å²) in [6.45, 7) is 8.85. The van der Waals surface area contributed by atoms with Crippen LogP contribution in [-0.4, -0.2) is 49.5 Å². The van der Waals surface area contributed by atoms with E-state index in [0.717, 1.165) is 38.9 Å². The summed E-state index contributed by atoms with van der Waals surface area (Å²) in [5.74, 6) is 0.876. The number of rotatable bonds is 5. The molecule has 0 saturated carbocycles. The van der Waals surface area contributed by atoms with Crippen molar-refractivity contribution in [2.75, 3.05) is 29.4 Å². The van der Waals surface area contributed by atoms with E-state index in [1.54, 1.807) is 24.4 Å². The molecular weight excluding hydrogens is 426 g/mol. The van der Waals surface area contributed by atoms with E-state index in [0.29, 0.717) is 17.6 Å². The number of hydrogen-bond donors (Lipinski definition) is 1. The van der Waals surface area contributed by atoms with E-state index in [9.17, 15) is 13.2 Å². The zero-order valence-electron chi connectivity index (χ0n) is 18.9. The van der Waals surface area contributed by atoms with Crippen LogP contribution in [0.25, 0.3) is 0 Å². The Hall–Kier alpha value is -2.68. The predicted octanol–water partition coefficient (Wildman–Crippen LogP) is 3.21. The van der Waals surface area contributed by atoms with Gasteiger partial charge in [-0.3, -0.25) is 4.79 Å². The second kappa shape index (κ2) is 8.69. The highest BCUT2D eigenvalue weighted by atomic mass is 32.2. The lowest BCUT2D eigenvalue weighted by atomic mass is 9.97. The molecule has 4 heterocycles. The molecule has 0 radical (unpaired) electrons. The first-order chi connectivity index (χ1) is 15.2. The predicted molar refractivity (Wildman–Crippen MR) is 124 cm³/mol. The largest absolute Gasteiger partial charge is 0.357 e. The summed E-state index contributed by atoms with van der Waals surface area (Å²) in [6.07, 6.45) is 5.89. The van der Waals surface area contributed by atoms with Crippen molar-refractivity contribution < 1.29 is 13.2 Å². The molecule has 2 aromatic rings. The number of nitrogens with one attached hydrogen (secondary N) is 1. The van der Waals surface area contributed by atoms with Crippen LogP contribution >= 0.6 is 0 Å². The lowest BCUT2D eigenvalue weighted by molar-refractivity contribution is 0.0981. The molecule has 0 aliphatic carbocycles. The number of nitrogens with zero attached hydrogens (tertiary/aromatic N) is 4. The molecule has 2 fully saturated rings. The van der Waals surface area contributed by atoms with Crippen LogP contribution in [0.3, 0.4) is 0 Å². The van der Waals surface area contributed by atoms with Gasteiger partial charge < -0.3 is 9.80 Å². The molecule has 172 valence electrons. The number of piperidine rings is 1. The number of carbonyl (C=O) groups is 1. The summed E-state index contributed by atoms with van der Waals surface area (Å²) in [6, 6.07) is 8.15. The van der Waals surface area contributed by atoms with Gasteiger partial charge in [0.25, 0.3) is 15.9 Å². The molecule has 9 heteroatoms. The molecule has 8 nitrogen and oxygen atoms in total. The monoisotopic (exact) mass is 457 g/mol. The van der Waals surface area contributed by atoms with Crippen LogP contribution in [0.1, 0.15) is 56.8 Å². The van der Waals surface area contributed by atoms with Crippen LogP contribution in [0.15, 0.2) is 41.6 Å². The maximum Gasteiger partial charge on any atom is 0.281 e. The van der Waals surface area contributed by atoms with Gasteiger partial charge in [-0.2, -0.15) is 8.42 Å². The first-order valence-corrected chi connectivity index (χ1v) is 12.7. The van der Waals surface area contributed by atoms with Crippen molar-refractivity contribution >= 4 is 27.6 Å². The number of amides is 1. The molecular formula is C23H31N5O3S. The number of anilines is 2. The van der Waals surface area contributed by atoms with Crippen molar-refractivity contribution in [3.8, 4) is 0 Å². The number of hydrogen-bond acceptors (Lipinski definition) is 7. The van der Waals surface area contributed by atoms with Gasteiger partial charge in [0.05, 0.1) is 5.56 Å². The minimum atomic E-state index is -4.13. The maximum absolute atomic E-state index is 13.1. The molecule has 0 bridgehead atoms. The third-order valence-corrected chi connectivity index (χ3v) is 7.48. The van der Waals surface area contributed by atoms with Crippen LogP contribution in [0.4, 0.5) is 11.6 Å². The highest BCUT2D eigenvalue weighted by Gasteiger charge is 2.39. The summed E-state index contributed by atoms with van der Waals surface area (Å²) in [5.41, 5.74) is 0.0665. The topological polar surface area (TPSA) is 95.5 Å². The van der Waals surface area contributed by atoms with Gasteiger partial charge in [-0.15, -0.1) is 0 Å². The van der Waals surface area contributed by atoms with E-state index < -0.39 is 15.9 Å². The number of aromatic nitrogens is 2. The Morgan fingerprint density at radius 3 is 2.56 bits per heavy atom. The lowest BCUT2D eigenvalue weighted by Crippen LogP contribution is -2.41. The normalized spacial score (nSPS) is 20.9. The minimum absolute atomic E-state index is 0.158. The first-order valence-electron chi connectivity index (χ1n) is 11.2. The van der Waals surface area contributed by atoms with Gasteiger partial charge in [0, 0.05) is 31.4 Å². The Morgan fingerprint density at radius 2 is 1.88 bits per heavy atom. The molecule has 2 saturated heterocycles. The number of pyridine rings is 2. The molecule has 0 spiro atoms. The Kier molecular flexibility index (Phi) is 6.11. The maximum atomic E-state index is 13.1. The number of carbonyl (C=O) groups excluding carboxylic acids is 1. The SMILES string of the molecule is CC1CN(c2ncccc2C(=O)NS(=O)(=O)c2cccc(N3CCCCC3)n2)C(C)(C)C1. The summed E-state index contributed by atoms with van der Waals surface area (Å²) >= 11 is 0. The van der Waals surface area contributed by atoms with Crippen LogP contribution < -0.4 is 14.5 Å². The summed E-state index contributed by atoms with van der Waals surface area (Å²) in [4.78, 5) is 26.1. The van der Waals surface area contributed by atoms with Crippen molar-refractivity contribution in [3.05, 3.63) is 42.1 Å². The van der Waals surface area contributed by atoms with Gasteiger partial charge in [0.1, 0.15) is 11.6 Å². The van der Waals surface area contributed by atoms with E-state index in [2.05, 4.69) is 45.3 Å². The molecule has 32 heavy (non-hydrogen) atoms. The molecule has 4 rings (SSSR count). The number of sulfonamides is 1. The Labute approximate surface area is 190 Å². The van der Waals surface area contributed by atoms with Gasteiger partial charge >= 0.3 is 0 Å². The molecule has 1 unspecified atom stereocenters. The van der Waals surface area contributed by atoms with E-state index in [1.807, 2.05) is 6.07 Å². The van der Waals surface area contributed by atoms with Crippen molar-refractivity contribution in [1.29, 1.82) is 0 Å². The van der Waals surface area contributed by atoms with Gasteiger partial charge in [-0.05, 0) is 69.7 Å². The van der Waals surface area contributed by atoms with E-state index in [4.69, 9.17) is 0 Å². The second-order valence-electron chi connectivity index (χ2n) is 9.42. The molecule has 2 aromatic heterocycles. The Bertz CT molecular complexity index is 1100. The standard InChI is InChI=1S/C23H31N5O3S/c1-17-15-23(2,3)28(16-17)21-18(9-8-12-24-21)22(29)26-32(30,31)20-11-7-10-19(25-20)27-13-5-4-6-14-27/h7-12,17H,4-6,13-16H2,1-3H3,(H,26,29). The van der Waals surface area contributed by atoms with Gasteiger partial charge in [0.15, 0.2) is 5.03 Å². The van der Waals surface area contributed by atoms with E-state index in [-0.39, 0.29) is 16.1 Å². The van der Waals surface area contributed by atoms with E-state index >= 15 is 0 Å². The smallest absolute Gasteiger partial charge is 0.281 e. The summed E-state index contributed by atoms with van der Waals surface area (Å²) < 4.78 is 28.2. The quantitative estimate of drug-likeness (QED) is 0.736. The molecule has 2 aliphatic rings. The first kappa shape index (κ1) is 22.5. The Morgan fingerprint density at radius 1 is 1.12 bits per heavy atom. The summed E-state index contributed by atoms with van der Waals surface area (Å²) in [5, 5.41) is -0.158. The van der Waals surface area contributed by atoms with Crippen molar-refractivity contribution in [3.63, 3.8) is 0 Å². The molecule has 2 aliphatic heterocycles. The van der Waals surface area contributed by atoms with Gasteiger partial charge in [0.2, 0.25) is 0 Å². The zero-order chi connectivity index (χ0) is 22.9. The molecule has 1 amide bonds. The second-order valence-corrected chi connectivity index (χ2v) is 11.1. The van der Waals surface area contributed by atoms with Crippen LogP contribution in [-0.2, 0) is 10.0 Å².